The van der Waals surface area contributed by atoms with Crippen LogP contribution >= 0.6 is 7.92 Å². The molecule has 0 rings (SSSR count). The molecule has 0 amide bonds. The van der Waals surface area contributed by atoms with Gasteiger partial charge >= 0.3 is 0 Å². The van der Waals surface area contributed by atoms with E-state index in [9.17, 15) is 0 Å². The molecule has 0 saturated heterocycles. The van der Waals surface area contributed by atoms with Crippen molar-refractivity contribution in [1.29, 1.82) is 0 Å². The van der Waals surface area contributed by atoms with Crippen LogP contribution in [-0.4, -0.2) is 18.5 Å². The van der Waals surface area contributed by atoms with Gasteiger partial charge in [-0.15, -0.1) is 7.92 Å². The third kappa shape index (κ3) is 5.67. The Balaban J connectivity index is 3.28. The van der Waals surface area contributed by atoms with Gasteiger partial charge in [-0.3, -0.25) is 0 Å². The van der Waals surface area contributed by atoms with Crippen molar-refractivity contribution in [1.82, 2.24) is 0 Å². The van der Waals surface area contributed by atoms with E-state index in [0.29, 0.717) is 7.92 Å². The molecule has 0 aliphatic heterocycles. The van der Waals surface area contributed by atoms with Crippen LogP contribution in [0.5, 0.6) is 0 Å². The van der Waals surface area contributed by atoms with Gasteiger partial charge in [0.15, 0.2) is 0 Å². The molecule has 2 unspecified atom stereocenters. The topological polar surface area (TPSA) is 0 Å². The van der Waals surface area contributed by atoms with E-state index in [0.717, 1.165) is 5.66 Å². The van der Waals surface area contributed by atoms with Crippen molar-refractivity contribution in [3.8, 4) is 0 Å². The second-order valence-electron chi connectivity index (χ2n) is 3.44. The lowest BCUT2D eigenvalue weighted by molar-refractivity contribution is 0.770. The first-order valence-corrected chi connectivity index (χ1v) is 6.96. The second-order valence-corrected chi connectivity index (χ2v) is 6.29. The molecule has 0 aliphatic rings. The fourth-order valence-electron chi connectivity index (χ4n) is 1.14. The lowest BCUT2D eigenvalue weighted by Crippen LogP contribution is -1.99. The van der Waals surface area contributed by atoms with Gasteiger partial charge in [0.25, 0.3) is 0 Å². The predicted octanol–water partition coefficient (Wildman–Crippen LogP) is 4.09. The summed E-state index contributed by atoms with van der Waals surface area (Å²) in [6.45, 7) is 9.45. The Labute approximate surface area is 73.5 Å². The fraction of sp³-hybridized carbons (Fsp3) is 1.00. The summed E-state index contributed by atoms with van der Waals surface area (Å²) in [6.07, 6.45) is 7.13. The Hall–Kier alpha value is 0.430. The molecule has 0 aromatic rings. The van der Waals surface area contributed by atoms with Gasteiger partial charge in [-0.2, -0.15) is 0 Å². The van der Waals surface area contributed by atoms with E-state index in [-0.39, 0.29) is 0 Å². The Bertz CT molecular complexity index is 80.9. The summed E-state index contributed by atoms with van der Waals surface area (Å²) in [7, 11) is 0.347. The zero-order chi connectivity index (χ0) is 8.69. The van der Waals surface area contributed by atoms with Gasteiger partial charge in [-0.25, -0.2) is 0 Å². The first-order valence-electron chi connectivity index (χ1n) is 4.92. The molecule has 0 aromatic carbocycles. The van der Waals surface area contributed by atoms with E-state index >= 15 is 0 Å². The molecule has 0 fully saturated rings. The van der Waals surface area contributed by atoms with Crippen LogP contribution in [0.15, 0.2) is 0 Å². The monoisotopic (exact) mass is 174 g/mol. The van der Waals surface area contributed by atoms with E-state index in [1.807, 2.05) is 0 Å². The Morgan fingerprint density at radius 2 is 1.82 bits per heavy atom. The highest BCUT2D eigenvalue weighted by atomic mass is 31.1. The first kappa shape index (κ1) is 11.4. The SMILES string of the molecule is CCCCCP(C)C(C)CC. The largest absolute Gasteiger partial charge is 0.107 e. The molecular weight excluding hydrogens is 151 g/mol. The van der Waals surface area contributed by atoms with E-state index in [2.05, 4.69) is 27.4 Å². The molecule has 0 spiro atoms. The maximum Gasteiger partial charge on any atom is -0.0243 e. The molecule has 0 radical (unpaired) electrons. The van der Waals surface area contributed by atoms with Gasteiger partial charge in [0, 0.05) is 0 Å². The van der Waals surface area contributed by atoms with Crippen molar-refractivity contribution in [3.63, 3.8) is 0 Å². The van der Waals surface area contributed by atoms with Gasteiger partial charge in [-0.05, 0) is 31.3 Å². The van der Waals surface area contributed by atoms with Crippen molar-refractivity contribution >= 4 is 7.92 Å². The summed E-state index contributed by atoms with van der Waals surface area (Å²) in [6, 6.07) is 0. The summed E-state index contributed by atoms with van der Waals surface area (Å²) in [4.78, 5) is 0. The van der Waals surface area contributed by atoms with Gasteiger partial charge < -0.3 is 0 Å². The van der Waals surface area contributed by atoms with Crippen LogP contribution in [-0.2, 0) is 0 Å². The number of rotatable bonds is 6. The maximum atomic E-state index is 2.46. The van der Waals surface area contributed by atoms with Crippen LogP contribution in [0.25, 0.3) is 0 Å². The molecule has 0 bridgehead atoms. The average Bonchev–Trinajstić information content (AvgIpc) is 2.03. The minimum absolute atomic E-state index is 0.347. The van der Waals surface area contributed by atoms with Crippen LogP contribution in [0.2, 0.25) is 0 Å². The Morgan fingerprint density at radius 1 is 1.18 bits per heavy atom. The minimum atomic E-state index is 0.347. The normalized spacial score (nSPS) is 16.4. The summed E-state index contributed by atoms with van der Waals surface area (Å²) in [5.74, 6) is 0. The molecule has 11 heavy (non-hydrogen) atoms. The molecule has 0 N–H and O–H groups in total. The zero-order valence-corrected chi connectivity index (χ0v) is 9.45. The average molecular weight is 174 g/mol. The molecule has 0 aliphatic carbocycles. The Morgan fingerprint density at radius 3 is 2.27 bits per heavy atom. The molecule has 1 heteroatoms. The summed E-state index contributed by atoms with van der Waals surface area (Å²) >= 11 is 0. The standard InChI is InChI=1S/C10H23P/c1-5-7-8-9-11(4)10(3)6-2/h10H,5-9H2,1-4H3. The lowest BCUT2D eigenvalue weighted by atomic mass is 10.3. The quantitative estimate of drug-likeness (QED) is 0.420. The van der Waals surface area contributed by atoms with Gasteiger partial charge in [-0.1, -0.05) is 33.6 Å². The highest BCUT2D eigenvalue weighted by Gasteiger charge is 2.07. The first-order chi connectivity index (χ1) is 5.22. The summed E-state index contributed by atoms with van der Waals surface area (Å²) < 4.78 is 0. The third-order valence-electron chi connectivity index (χ3n) is 2.46. The molecule has 0 aromatic heterocycles. The number of unbranched alkanes of at least 4 members (excludes halogenated alkanes) is 2. The van der Waals surface area contributed by atoms with Crippen LogP contribution in [0.1, 0.15) is 46.5 Å². The molecular formula is C10H23P. The maximum absolute atomic E-state index is 2.46. The van der Waals surface area contributed by atoms with Gasteiger partial charge in [0.05, 0.1) is 0 Å². The number of hydrogen-bond donors (Lipinski definition) is 0. The fourth-order valence-corrected chi connectivity index (χ4v) is 2.93. The molecule has 2 atom stereocenters. The van der Waals surface area contributed by atoms with Crippen molar-refractivity contribution in [2.75, 3.05) is 12.8 Å². The smallest absolute Gasteiger partial charge is 0.0243 e. The number of hydrogen-bond acceptors (Lipinski definition) is 0. The van der Waals surface area contributed by atoms with E-state index in [1.54, 1.807) is 0 Å². The van der Waals surface area contributed by atoms with Crippen LogP contribution in [0.3, 0.4) is 0 Å². The summed E-state index contributed by atoms with van der Waals surface area (Å²) in [5.41, 5.74) is 0.988. The molecule has 68 valence electrons. The molecule has 0 heterocycles. The molecule has 0 nitrogen and oxygen atoms in total. The Kier molecular flexibility index (Phi) is 7.38. The lowest BCUT2D eigenvalue weighted by Gasteiger charge is -2.18. The van der Waals surface area contributed by atoms with Gasteiger partial charge in [0.2, 0.25) is 0 Å². The second kappa shape index (κ2) is 7.10. The minimum Gasteiger partial charge on any atom is -0.107 e. The highest BCUT2D eigenvalue weighted by molar-refractivity contribution is 7.57. The van der Waals surface area contributed by atoms with Crippen LogP contribution in [0.4, 0.5) is 0 Å². The summed E-state index contributed by atoms with van der Waals surface area (Å²) in [5, 5.41) is 0. The van der Waals surface area contributed by atoms with E-state index < -0.39 is 0 Å². The van der Waals surface area contributed by atoms with Crippen LogP contribution in [0, 0.1) is 0 Å². The van der Waals surface area contributed by atoms with Gasteiger partial charge in [0.1, 0.15) is 0 Å². The highest BCUT2D eigenvalue weighted by Crippen LogP contribution is 2.39. The van der Waals surface area contributed by atoms with E-state index in [1.165, 1.54) is 31.8 Å². The van der Waals surface area contributed by atoms with Crippen molar-refractivity contribution in [2.45, 2.75) is 52.1 Å². The van der Waals surface area contributed by atoms with Crippen molar-refractivity contribution in [2.24, 2.45) is 0 Å². The predicted molar refractivity (Wildman–Crippen MR) is 57.0 cm³/mol. The van der Waals surface area contributed by atoms with E-state index in [4.69, 9.17) is 0 Å². The van der Waals surface area contributed by atoms with Crippen LogP contribution < -0.4 is 0 Å². The third-order valence-corrected chi connectivity index (χ3v) is 5.35. The van der Waals surface area contributed by atoms with Crippen molar-refractivity contribution < 1.29 is 0 Å². The van der Waals surface area contributed by atoms with Crippen molar-refractivity contribution in [3.05, 3.63) is 0 Å². The molecule has 0 saturated carbocycles. The zero-order valence-electron chi connectivity index (χ0n) is 8.56.